The van der Waals surface area contributed by atoms with Crippen molar-refractivity contribution in [3.63, 3.8) is 0 Å². The van der Waals surface area contributed by atoms with Gasteiger partial charge in [0, 0.05) is 0 Å². The summed E-state index contributed by atoms with van der Waals surface area (Å²) in [5.74, 6) is 0. The molecule has 6 N–H and O–H groups in total. The number of rotatable bonds is 0. The number of phosphoric acid groups is 1. The molecule has 3 fully saturated rings. The van der Waals surface area contributed by atoms with E-state index in [1.54, 1.807) is 0 Å². The van der Waals surface area contributed by atoms with Gasteiger partial charge in [-0.1, -0.05) is 0 Å². The Hall–Kier alpha value is 0.873. The third-order valence-electron chi connectivity index (χ3n) is 0.500. The maximum atomic E-state index is 10.1. The monoisotopic (exact) mass is 358 g/mol. The molecule has 0 aromatic heterocycles. The quantitative estimate of drug-likeness (QED) is 0.354. The molecular weight excluding hydrogens is 352 g/mol. The van der Waals surface area contributed by atoms with Crippen molar-refractivity contribution in [3.05, 3.63) is 0 Å². The molecule has 0 saturated carbocycles. The fourth-order valence-electron chi connectivity index (χ4n) is 0.263. The third kappa shape index (κ3) is 1.66. The van der Waals surface area contributed by atoms with E-state index in [-0.39, 0.29) is 16.4 Å². The molecule has 7 nitrogen and oxygen atoms in total. The van der Waals surface area contributed by atoms with Crippen molar-refractivity contribution in [3.8, 4) is 0 Å². The standard InChI is InChI=1S/Bi.H3O4P.3H2O/c;1-5(2,3)4;;;/h;(H3,1,2,3,4);3*1H2/q+3;;;;/p-3. The Morgan fingerprint density at radius 3 is 1.22 bits per heavy atom. The Morgan fingerprint density at radius 1 is 1.00 bits per heavy atom. The van der Waals surface area contributed by atoms with Crippen molar-refractivity contribution in [1.82, 2.24) is 0 Å². The molecule has 9 heavy (non-hydrogen) atoms. The second kappa shape index (κ2) is 3.32. The summed E-state index contributed by atoms with van der Waals surface area (Å²) in [6.07, 6.45) is 0. The van der Waals surface area contributed by atoms with Crippen LogP contribution in [0.2, 0.25) is 0 Å². The molecule has 58 valence electrons. The number of hydrogen-bond acceptors (Lipinski definition) is 4. The SMILES string of the molecule is O.O.O.O=P12[O][Bi]([O]1)[O]2. The summed E-state index contributed by atoms with van der Waals surface area (Å²) in [6.45, 7) is 0. The zero-order valence-electron chi connectivity index (χ0n) is 4.03. The predicted molar refractivity (Wildman–Crippen MR) is 27.5 cm³/mol. The molecule has 3 heterocycles. The van der Waals surface area contributed by atoms with Gasteiger partial charge in [0.05, 0.1) is 0 Å². The predicted octanol–water partition coefficient (Wildman–Crippen LogP) is -2.32. The number of hydrogen-bond donors (Lipinski definition) is 0. The average Bonchev–Trinajstić information content (AvgIpc) is 1.24. The molecule has 3 saturated heterocycles. The van der Waals surface area contributed by atoms with Crippen LogP contribution in [-0.4, -0.2) is 39.5 Å². The first-order valence-corrected chi connectivity index (χ1v) is 7.00. The minimum atomic E-state index is -2.73. The van der Waals surface area contributed by atoms with Crippen LogP contribution in [0.25, 0.3) is 0 Å². The van der Waals surface area contributed by atoms with Crippen LogP contribution in [0, 0.1) is 0 Å². The van der Waals surface area contributed by atoms with E-state index in [1.807, 2.05) is 0 Å². The van der Waals surface area contributed by atoms with Gasteiger partial charge in [0.15, 0.2) is 0 Å². The Balaban J connectivity index is 0. The van der Waals surface area contributed by atoms with Crippen LogP contribution < -0.4 is 0 Å². The van der Waals surface area contributed by atoms with E-state index >= 15 is 0 Å². The van der Waals surface area contributed by atoms with Gasteiger partial charge in [0.2, 0.25) is 0 Å². The molecule has 9 heteroatoms. The van der Waals surface area contributed by atoms with Crippen molar-refractivity contribution in [2.24, 2.45) is 0 Å². The molecule has 0 aliphatic carbocycles. The molecule has 0 aromatic rings. The van der Waals surface area contributed by atoms with E-state index in [9.17, 15) is 4.57 Å². The molecule has 3 rings (SSSR count). The molecule has 3 aliphatic heterocycles. The summed E-state index contributed by atoms with van der Waals surface area (Å²) in [4.78, 5) is 0. The van der Waals surface area contributed by atoms with Gasteiger partial charge < -0.3 is 16.4 Å². The van der Waals surface area contributed by atoms with Gasteiger partial charge in [-0.25, -0.2) is 0 Å². The van der Waals surface area contributed by atoms with Crippen LogP contribution >= 0.6 is 7.82 Å². The zero-order chi connectivity index (χ0) is 4.20. The van der Waals surface area contributed by atoms with E-state index in [4.69, 9.17) is 0 Å². The Morgan fingerprint density at radius 2 is 1.22 bits per heavy atom. The van der Waals surface area contributed by atoms with Gasteiger partial charge in [-0.05, 0) is 0 Å². The van der Waals surface area contributed by atoms with Gasteiger partial charge in [-0.2, -0.15) is 0 Å². The van der Waals surface area contributed by atoms with Crippen molar-refractivity contribution < 1.29 is 28.8 Å². The van der Waals surface area contributed by atoms with E-state index in [0.29, 0.717) is 0 Å². The first-order chi connectivity index (χ1) is 2.79. The van der Waals surface area contributed by atoms with Crippen LogP contribution in [0.1, 0.15) is 0 Å². The summed E-state index contributed by atoms with van der Waals surface area (Å²) in [5, 5.41) is 0. The van der Waals surface area contributed by atoms with Crippen LogP contribution in [0.15, 0.2) is 0 Å². The van der Waals surface area contributed by atoms with Gasteiger partial charge in [0.25, 0.3) is 0 Å². The molecule has 0 atom stereocenters. The van der Waals surface area contributed by atoms with Crippen molar-refractivity contribution in [2.75, 3.05) is 0 Å². The Bertz CT molecular complexity index is 107. The topological polar surface area (TPSA) is 139 Å². The molecule has 0 radical (unpaired) electrons. The summed E-state index contributed by atoms with van der Waals surface area (Å²) in [6, 6.07) is 0. The first-order valence-electron chi connectivity index (χ1n) is 1.28. The summed E-state index contributed by atoms with van der Waals surface area (Å²) < 4.78 is 23.7. The van der Waals surface area contributed by atoms with Crippen molar-refractivity contribution in [2.45, 2.75) is 0 Å². The van der Waals surface area contributed by atoms with Gasteiger partial charge >= 0.3 is 43.3 Å². The summed E-state index contributed by atoms with van der Waals surface area (Å²) >= 11 is -2.15. The van der Waals surface area contributed by atoms with E-state index in [1.165, 1.54) is 0 Å². The second-order valence-electron chi connectivity index (χ2n) is 0.916. The fraction of sp³-hybridized carbons (Fsp3) is 0. The van der Waals surface area contributed by atoms with E-state index in [0.717, 1.165) is 0 Å². The summed E-state index contributed by atoms with van der Waals surface area (Å²) in [5.41, 5.74) is 0. The molecule has 0 spiro atoms. The van der Waals surface area contributed by atoms with Gasteiger partial charge in [-0.15, -0.1) is 0 Å². The van der Waals surface area contributed by atoms with Crippen LogP contribution in [0.3, 0.4) is 0 Å². The normalized spacial score (nSPS) is 24.9. The fourth-order valence-corrected chi connectivity index (χ4v) is 6.93. The Labute approximate surface area is 60.0 Å². The van der Waals surface area contributed by atoms with Gasteiger partial charge in [-0.3, -0.25) is 0 Å². The summed E-state index contributed by atoms with van der Waals surface area (Å²) in [7, 11) is -2.73. The van der Waals surface area contributed by atoms with Gasteiger partial charge in [0.1, 0.15) is 0 Å². The third-order valence-corrected chi connectivity index (χ3v) is 13.2. The zero-order valence-corrected chi connectivity index (χ0v) is 8.40. The molecular formula is H6BiO7P. The van der Waals surface area contributed by atoms with Crippen molar-refractivity contribution >= 4 is 30.9 Å². The van der Waals surface area contributed by atoms with E-state index < -0.39 is 30.9 Å². The van der Waals surface area contributed by atoms with Crippen LogP contribution in [0.4, 0.5) is 0 Å². The van der Waals surface area contributed by atoms with E-state index in [2.05, 4.69) is 7.80 Å². The van der Waals surface area contributed by atoms with Crippen molar-refractivity contribution in [1.29, 1.82) is 0 Å². The van der Waals surface area contributed by atoms with Crippen LogP contribution in [0.5, 0.6) is 0 Å². The molecule has 0 amide bonds. The Kier molecular flexibility index (Phi) is 4.62. The first kappa shape index (κ1) is 12.5. The molecule has 0 aromatic carbocycles. The second-order valence-corrected chi connectivity index (χ2v) is 9.75. The maximum absolute atomic E-state index is 10.1. The minimum absolute atomic E-state index is 0. The molecule has 2 bridgehead atoms. The average molecular weight is 358 g/mol. The van der Waals surface area contributed by atoms with Crippen LogP contribution in [-0.2, 0) is 12.4 Å². The molecule has 3 aliphatic rings. The molecule has 0 unspecified atom stereocenters.